The number of ketones is 2. The minimum Gasteiger partial charge on any atom is -0.466 e. The van der Waals surface area contributed by atoms with Crippen molar-refractivity contribution in [3.05, 3.63) is 0 Å². The Labute approximate surface area is 96.4 Å². The van der Waals surface area contributed by atoms with Crippen molar-refractivity contribution in [2.75, 3.05) is 6.61 Å². The summed E-state index contributed by atoms with van der Waals surface area (Å²) >= 11 is 0. The van der Waals surface area contributed by atoms with E-state index in [1.165, 1.54) is 0 Å². The van der Waals surface area contributed by atoms with Crippen molar-refractivity contribution >= 4 is 17.5 Å². The third kappa shape index (κ3) is 8.15. The third-order valence-corrected chi connectivity index (χ3v) is 2.09. The van der Waals surface area contributed by atoms with Gasteiger partial charge in [0.25, 0.3) is 0 Å². The van der Waals surface area contributed by atoms with E-state index in [1.807, 2.05) is 6.92 Å². The lowest BCUT2D eigenvalue weighted by Crippen LogP contribution is -2.11. The van der Waals surface area contributed by atoms with Gasteiger partial charge in [0.15, 0.2) is 0 Å². The lowest BCUT2D eigenvalue weighted by molar-refractivity contribution is -0.145. The first kappa shape index (κ1) is 14.8. The number of esters is 1. The Balaban J connectivity index is 3.58. The Hall–Kier alpha value is -1.19. The highest BCUT2D eigenvalue weighted by Gasteiger charge is 2.10. The van der Waals surface area contributed by atoms with Gasteiger partial charge in [0.2, 0.25) is 0 Å². The number of rotatable bonds is 9. The van der Waals surface area contributed by atoms with E-state index in [9.17, 15) is 14.4 Å². The largest absolute Gasteiger partial charge is 0.466 e. The zero-order valence-corrected chi connectivity index (χ0v) is 10.1. The zero-order chi connectivity index (χ0) is 12.4. The van der Waals surface area contributed by atoms with Crippen LogP contribution in [0.3, 0.4) is 0 Å². The summed E-state index contributed by atoms with van der Waals surface area (Å²) < 4.78 is 4.65. The van der Waals surface area contributed by atoms with Gasteiger partial charge in [0, 0.05) is 19.3 Å². The molecule has 0 amide bonds. The maximum absolute atomic E-state index is 11.3. The monoisotopic (exact) mass is 228 g/mol. The van der Waals surface area contributed by atoms with Crippen LogP contribution in [0.15, 0.2) is 0 Å². The second-order valence-corrected chi connectivity index (χ2v) is 3.66. The van der Waals surface area contributed by atoms with Gasteiger partial charge in [-0.15, -0.1) is 0 Å². The van der Waals surface area contributed by atoms with Gasteiger partial charge < -0.3 is 4.74 Å². The summed E-state index contributed by atoms with van der Waals surface area (Å²) in [5.74, 6) is -0.443. The molecule has 0 rings (SSSR count). The van der Waals surface area contributed by atoms with Crippen LogP contribution in [0.4, 0.5) is 0 Å². The smallest absolute Gasteiger partial charge is 0.313 e. The van der Waals surface area contributed by atoms with Crippen molar-refractivity contribution in [1.82, 2.24) is 0 Å². The van der Waals surface area contributed by atoms with Crippen LogP contribution >= 0.6 is 0 Å². The van der Waals surface area contributed by atoms with Crippen LogP contribution in [0, 0.1) is 0 Å². The number of carbonyl (C=O) groups is 3. The molecule has 0 spiro atoms. The van der Waals surface area contributed by atoms with Crippen molar-refractivity contribution in [1.29, 1.82) is 0 Å². The van der Waals surface area contributed by atoms with Gasteiger partial charge in [-0.2, -0.15) is 0 Å². The number of Topliss-reactive ketones (excluding diaryl/α,β-unsaturated/α-hetero) is 2. The summed E-state index contributed by atoms with van der Waals surface area (Å²) in [7, 11) is 0. The standard InChI is InChI=1S/C12H20O4/c1-3-6-10(13)7-5-8-11(14)9-12(15)16-4-2/h3-9H2,1-2H3. The van der Waals surface area contributed by atoms with Gasteiger partial charge >= 0.3 is 5.97 Å². The maximum Gasteiger partial charge on any atom is 0.313 e. The molecular weight excluding hydrogens is 208 g/mol. The molecule has 0 bridgehead atoms. The molecule has 0 saturated heterocycles. The molecule has 0 unspecified atom stereocenters. The Morgan fingerprint density at radius 1 is 0.938 bits per heavy atom. The zero-order valence-electron chi connectivity index (χ0n) is 10.1. The molecule has 0 aliphatic rings. The molecule has 0 atom stereocenters. The molecule has 0 heterocycles. The van der Waals surface area contributed by atoms with E-state index in [0.717, 1.165) is 6.42 Å². The lowest BCUT2D eigenvalue weighted by Gasteiger charge is -2.01. The maximum atomic E-state index is 11.3. The van der Waals surface area contributed by atoms with Crippen molar-refractivity contribution in [2.45, 2.75) is 52.4 Å². The predicted molar refractivity (Wildman–Crippen MR) is 60.0 cm³/mol. The summed E-state index contributed by atoms with van der Waals surface area (Å²) in [6.45, 7) is 3.94. The Bertz CT molecular complexity index is 245. The normalized spacial score (nSPS) is 9.88. The number of hydrogen-bond acceptors (Lipinski definition) is 4. The number of carbonyl (C=O) groups excluding carboxylic acids is 3. The molecule has 0 aromatic heterocycles. The highest BCUT2D eigenvalue weighted by molar-refractivity contribution is 5.95. The molecule has 0 radical (unpaired) electrons. The second-order valence-electron chi connectivity index (χ2n) is 3.66. The van der Waals surface area contributed by atoms with Gasteiger partial charge in [-0.3, -0.25) is 14.4 Å². The van der Waals surface area contributed by atoms with Crippen LogP contribution in [0.1, 0.15) is 52.4 Å². The second kappa shape index (κ2) is 9.07. The molecule has 0 aromatic carbocycles. The summed E-state index contributed by atoms with van der Waals surface area (Å²) in [6, 6.07) is 0. The van der Waals surface area contributed by atoms with Crippen molar-refractivity contribution in [3.63, 3.8) is 0 Å². The van der Waals surface area contributed by atoms with E-state index < -0.39 is 5.97 Å². The quantitative estimate of drug-likeness (QED) is 0.447. The van der Waals surface area contributed by atoms with E-state index in [1.54, 1.807) is 6.92 Å². The third-order valence-electron chi connectivity index (χ3n) is 2.09. The summed E-state index contributed by atoms with van der Waals surface area (Å²) in [6.07, 6.45) is 2.51. The van der Waals surface area contributed by atoms with E-state index in [0.29, 0.717) is 25.9 Å². The molecule has 92 valence electrons. The van der Waals surface area contributed by atoms with E-state index in [-0.39, 0.29) is 24.4 Å². The fourth-order valence-electron chi connectivity index (χ4n) is 1.35. The summed E-state index contributed by atoms with van der Waals surface area (Å²) in [5, 5.41) is 0. The summed E-state index contributed by atoms with van der Waals surface area (Å²) in [5.41, 5.74) is 0. The van der Waals surface area contributed by atoms with Gasteiger partial charge in [0.1, 0.15) is 18.0 Å². The molecule has 16 heavy (non-hydrogen) atoms. The lowest BCUT2D eigenvalue weighted by atomic mass is 10.1. The molecule has 4 nitrogen and oxygen atoms in total. The number of ether oxygens (including phenoxy) is 1. The fraction of sp³-hybridized carbons (Fsp3) is 0.750. The van der Waals surface area contributed by atoms with E-state index >= 15 is 0 Å². The Morgan fingerprint density at radius 2 is 1.56 bits per heavy atom. The molecule has 0 aromatic rings. The Kier molecular flexibility index (Phi) is 8.39. The van der Waals surface area contributed by atoms with Gasteiger partial charge in [-0.1, -0.05) is 6.92 Å². The van der Waals surface area contributed by atoms with Crippen LogP contribution in [0.5, 0.6) is 0 Å². The molecule has 4 heteroatoms. The van der Waals surface area contributed by atoms with Crippen LogP contribution < -0.4 is 0 Å². The highest BCUT2D eigenvalue weighted by atomic mass is 16.5. The average Bonchev–Trinajstić information content (AvgIpc) is 2.18. The first-order valence-electron chi connectivity index (χ1n) is 5.79. The minimum atomic E-state index is -0.479. The molecule has 0 saturated carbocycles. The van der Waals surface area contributed by atoms with Crippen molar-refractivity contribution < 1.29 is 19.1 Å². The molecular formula is C12H20O4. The summed E-state index contributed by atoms with van der Waals surface area (Å²) in [4.78, 5) is 33.3. The van der Waals surface area contributed by atoms with Gasteiger partial charge in [-0.25, -0.2) is 0 Å². The van der Waals surface area contributed by atoms with E-state index in [2.05, 4.69) is 4.74 Å². The average molecular weight is 228 g/mol. The van der Waals surface area contributed by atoms with Crippen molar-refractivity contribution in [3.8, 4) is 0 Å². The van der Waals surface area contributed by atoms with Crippen LogP contribution in [0.2, 0.25) is 0 Å². The highest BCUT2D eigenvalue weighted by Crippen LogP contribution is 2.04. The van der Waals surface area contributed by atoms with Crippen LogP contribution in [0.25, 0.3) is 0 Å². The first-order chi connectivity index (χ1) is 7.60. The van der Waals surface area contributed by atoms with Gasteiger partial charge in [0.05, 0.1) is 6.61 Å². The molecule has 0 aliphatic heterocycles. The topological polar surface area (TPSA) is 60.4 Å². The minimum absolute atomic E-state index is 0.150. The van der Waals surface area contributed by atoms with Gasteiger partial charge in [-0.05, 0) is 19.8 Å². The first-order valence-corrected chi connectivity index (χ1v) is 5.79. The molecule has 0 aliphatic carbocycles. The van der Waals surface area contributed by atoms with Crippen molar-refractivity contribution in [2.24, 2.45) is 0 Å². The Morgan fingerprint density at radius 3 is 2.12 bits per heavy atom. The fourth-order valence-corrected chi connectivity index (χ4v) is 1.35. The SMILES string of the molecule is CCCC(=O)CCCC(=O)CC(=O)OCC. The molecule has 0 N–H and O–H groups in total. The molecule has 0 fully saturated rings. The van der Waals surface area contributed by atoms with Crippen LogP contribution in [-0.2, 0) is 19.1 Å². The predicted octanol–water partition coefficient (Wildman–Crippen LogP) is 2.05. The number of hydrogen-bond donors (Lipinski definition) is 0. The van der Waals surface area contributed by atoms with Crippen LogP contribution in [-0.4, -0.2) is 24.1 Å². The van der Waals surface area contributed by atoms with E-state index in [4.69, 9.17) is 0 Å².